The van der Waals surface area contributed by atoms with E-state index in [0.717, 1.165) is 51.4 Å². The molecule has 0 amide bonds. The zero-order chi connectivity index (χ0) is 25.0. The number of aryl methyl sites for hydroxylation is 1. The minimum absolute atomic E-state index is 0.113. The Labute approximate surface area is 218 Å². The number of nitrogens with one attached hydrogen (secondary N) is 1. The van der Waals surface area contributed by atoms with Gasteiger partial charge >= 0.3 is 6.18 Å². The van der Waals surface area contributed by atoms with E-state index in [-0.39, 0.29) is 11.4 Å². The van der Waals surface area contributed by atoms with E-state index < -0.39 is 11.7 Å². The Balaban J connectivity index is 1.39. The number of hydrogen-bond donors (Lipinski definition) is 1. The number of halogens is 4. The van der Waals surface area contributed by atoms with Crippen LogP contribution in [0.2, 0.25) is 0 Å². The van der Waals surface area contributed by atoms with E-state index >= 15 is 0 Å². The third-order valence-electron chi connectivity index (χ3n) is 6.40. The van der Waals surface area contributed by atoms with Crippen LogP contribution in [0.3, 0.4) is 0 Å². The van der Waals surface area contributed by atoms with Gasteiger partial charge in [0, 0.05) is 11.3 Å². The highest BCUT2D eigenvalue weighted by Crippen LogP contribution is 2.38. The van der Waals surface area contributed by atoms with Crippen LogP contribution in [0.4, 0.5) is 13.2 Å². The van der Waals surface area contributed by atoms with Gasteiger partial charge in [0.2, 0.25) is 0 Å². The fourth-order valence-electron chi connectivity index (χ4n) is 4.73. The van der Waals surface area contributed by atoms with Gasteiger partial charge in [0.15, 0.2) is 5.75 Å². The molecule has 3 heterocycles. The van der Waals surface area contributed by atoms with Crippen molar-refractivity contribution in [3.63, 3.8) is 0 Å². The van der Waals surface area contributed by atoms with Crippen molar-refractivity contribution >= 4 is 44.8 Å². The molecular weight excluding hydrogens is 582 g/mol. The number of alkyl halides is 3. The van der Waals surface area contributed by atoms with Gasteiger partial charge in [0.05, 0.1) is 57.2 Å². The lowest BCUT2D eigenvalue weighted by atomic mass is 9.91. The predicted octanol–water partition coefficient (Wildman–Crippen LogP) is 6.79. The second-order valence-electron chi connectivity index (χ2n) is 8.86. The van der Waals surface area contributed by atoms with Crippen molar-refractivity contribution in [3.05, 3.63) is 83.6 Å². The zero-order valence-corrected chi connectivity index (χ0v) is 21.1. The van der Waals surface area contributed by atoms with E-state index in [0.29, 0.717) is 24.0 Å². The smallest absolute Gasteiger partial charge is 0.396 e. The van der Waals surface area contributed by atoms with E-state index in [4.69, 9.17) is 4.84 Å². The van der Waals surface area contributed by atoms with Crippen molar-refractivity contribution in [2.75, 3.05) is 6.54 Å². The Kier molecular flexibility index (Phi) is 5.60. The van der Waals surface area contributed by atoms with Gasteiger partial charge in [-0.25, -0.2) is 15.0 Å². The maximum atomic E-state index is 13.2. The molecule has 0 saturated carbocycles. The lowest BCUT2D eigenvalue weighted by molar-refractivity contribution is -0.137. The summed E-state index contributed by atoms with van der Waals surface area (Å²) in [4.78, 5) is 22.4. The Morgan fingerprint density at radius 3 is 2.64 bits per heavy atom. The molecule has 0 bridgehead atoms. The quantitative estimate of drug-likeness (QED) is 0.179. The normalized spacial score (nSPS) is 16.6. The van der Waals surface area contributed by atoms with Crippen molar-refractivity contribution in [3.8, 4) is 16.9 Å². The topological polar surface area (TPSA) is 66.9 Å². The Bertz CT molecular complexity index is 1620. The van der Waals surface area contributed by atoms with Crippen molar-refractivity contribution in [2.24, 2.45) is 0 Å². The molecule has 1 unspecified atom stereocenters. The molecule has 10 heteroatoms. The molecule has 36 heavy (non-hydrogen) atoms. The second kappa shape index (κ2) is 8.70. The van der Waals surface area contributed by atoms with E-state index in [2.05, 4.69) is 54.9 Å². The van der Waals surface area contributed by atoms with Crippen LogP contribution in [-0.2, 0) is 12.6 Å². The first kappa shape index (κ1) is 23.2. The number of imidazole rings is 1. The summed E-state index contributed by atoms with van der Waals surface area (Å²) in [7, 11) is 0. The monoisotopic (exact) mass is 601 g/mol. The van der Waals surface area contributed by atoms with Gasteiger partial charge in [-0.1, -0.05) is 21.5 Å². The van der Waals surface area contributed by atoms with Gasteiger partial charge in [-0.15, -0.1) is 0 Å². The largest absolute Gasteiger partial charge is 0.416 e. The SMILES string of the molecule is Cc1nc2ccc(-c3ccc4c(c3)CC(c3ncnc5cc(C(F)(F)F)ccc35)CN(I)O4)cc2[nH]1. The fourth-order valence-corrected chi connectivity index (χ4v) is 5.42. The average molecular weight is 601 g/mol. The minimum Gasteiger partial charge on any atom is -0.396 e. The standard InChI is InChI=1S/C26H19F3IN5O/c1-14-33-21-6-2-16(10-23(21)34-14)15-3-7-24-17(8-15)9-18(12-35(30)36-24)25-20-5-4-19(26(27,28)29)11-22(20)31-13-32-25/h2-8,10-11,13,18H,9,12H2,1H3,(H,33,34). The van der Waals surface area contributed by atoms with Gasteiger partial charge in [-0.05, 0) is 66.4 Å². The lowest BCUT2D eigenvalue weighted by Gasteiger charge is -2.18. The van der Waals surface area contributed by atoms with E-state index in [9.17, 15) is 13.2 Å². The first-order valence-electron chi connectivity index (χ1n) is 11.3. The van der Waals surface area contributed by atoms with Crippen LogP contribution in [0.25, 0.3) is 33.1 Å². The highest BCUT2D eigenvalue weighted by atomic mass is 127. The maximum absolute atomic E-state index is 13.2. The van der Waals surface area contributed by atoms with Crippen LogP contribution < -0.4 is 4.84 Å². The van der Waals surface area contributed by atoms with Crippen LogP contribution >= 0.6 is 22.9 Å². The fraction of sp³-hybridized carbons (Fsp3) is 0.192. The zero-order valence-electron chi connectivity index (χ0n) is 19.0. The Hall–Kier alpha value is -3.25. The average Bonchev–Trinajstić information content (AvgIpc) is 3.13. The first-order valence-corrected chi connectivity index (χ1v) is 12.2. The summed E-state index contributed by atoms with van der Waals surface area (Å²) in [6.07, 6.45) is -2.48. The first-order chi connectivity index (χ1) is 17.2. The molecule has 5 aromatic rings. The van der Waals surface area contributed by atoms with Crippen molar-refractivity contribution in [2.45, 2.75) is 25.4 Å². The van der Waals surface area contributed by atoms with Gasteiger partial charge in [-0.2, -0.15) is 13.2 Å². The molecule has 0 saturated heterocycles. The molecule has 182 valence electrons. The highest BCUT2D eigenvalue weighted by Gasteiger charge is 2.32. The molecule has 0 radical (unpaired) electrons. The summed E-state index contributed by atoms with van der Waals surface area (Å²) >= 11 is 2.10. The van der Waals surface area contributed by atoms with Crippen LogP contribution in [0.5, 0.6) is 5.75 Å². The van der Waals surface area contributed by atoms with Gasteiger partial charge < -0.3 is 9.82 Å². The molecule has 1 aliphatic heterocycles. The number of nitrogens with zero attached hydrogens (tertiary/aromatic N) is 4. The number of hydrogen-bond acceptors (Lipinski definition) is 5. The van der Waals surface area contributed by atoms with Crippen LogP contribution in [0, 0.1) is 6.92 Å². The molecule has 6 nitrogen and oxygen atoms in total. The molecule has 1 atom stereocenters. The molecule has 0 aliphatic carbocycles. The molecule has 2 aromatic heterocycles. The molecule has 0 fully saturated rings. The highest BCUT2D eigenvalue weighted by molar-refractivity contribution is 14.1. The van der Waals surface area contributed by atoms with E-state index in [1.54, 1.807) is 3.28 Å². The molecule has 1 N–H and O–H groups in total. The summed E-state index contributed by atoms with van der Waals surface area (Å²) in [5, 5.41) is 0.611. The van der Waals surface area contributed by atoms with Gasteiger partial charge in [-0.3, -0.25) is 0 Å². The third-order valence-corrected chi connectivity index (χ3v) is 6.99. The Morgan fingerprint density at radius 1 is 1.00 bits per heavy atom. The minimum atomic E-state index is -4.43. The summed E-state index contributed by atoms with van der Waals surface area (Å²) < 4.78 is 41.4. The molecule has 0 spiro atoms. The molecule has 1 aliphatic rings. The van der Waals surface area contributed by atoms with E-state index in [1.165, 1.54) is 12.4 Å². The van der Waals surface area contributed by atoms with E-state index in [1.807, 2.05) is 31.2 Å². The van der Waals surface area contributed by atoms with Crippen molar-refractivity contribution in [1.82, 2.24) is 23.2 Å². The third kappa shape index (κ3) is 4.28. The Morgan fingerprint density at radius 2 is 1.81 bits per heavy atom. The summed E-state index contributed by atoms with van der Waals surface area (Å²) in [6, 6.07) is 15.8. The number of aromatic amines is 1. The summed E-state index contributed by atoms with van der Waals surface area (Å²) in [6.45, 7) is 2.44. The lowest BCUT2D eigenvalue weighted by Crippen LogP contribution is -2.21. The van der Waals surface area contributed by atoms with Crippen LogP contribution in [0.15, 0.2) is 60.9 Å². The molecule has 3 aromatic carbocycles. The number of rotatable bonds is 2. The van der Waals surface area contributed by atoms with Gasteiger partial charge in [0.25, 0.3) is 0 Å². The van der Waals surface area contributed by atoms with Crippen LogP contribution in [-0.4, -0.2) is 29.8 Å². The van der Waals surface area contributed by atoms with Gasteiger partial charge in [0.1, 0.15) is 12.2 Å². The number of benzene rings is 3. The molecular formula is C26H19F3IN5O. The van der Waals surface area contributed by atoms with Crippen molar-refractivity contribution < 1.29 is 18.0 Å². The second-order valence-corrected chi connectivity index (χ2v) is 9.93. The predicted molar refractivity (Wildman–Crippen MR) is 139 cm³/mol. The number of aromatic nitrogens is 4. The maximum Gasteiger partial charge on any atom is 0.416 e. The number of hydroxylamine groups is 1. The summed E-state index contributed by atoms with van der Waals surface area (Å²) in [5.41, 5.74) is 5.22. The molecule has 6 rings (SSSR count). The van der Waals surface area contributed by atoms with Crippen LogP contribution in [0.1, 0.15) is 28.6 Å². The van der Waals surface area contributed by atoms with Crippen molar-refractivity contribution in [1.29, 1.82) is 0 Å². The summed E-state index contributed by atoms with van der Waals surface area (Å²) in [5.74, 6) is 1.49. The number of fused-ring (bicyclic) bond motifs is 3. The number of H-pyrrole nitrogens is 1.